The van der Waals surface area contributed by atoms with Gasteiger partial charge in [0.25, 0.3) is 0 Å². The van der Waals surface area contributed by atoms with E-state index in [9.17, 15) is 0 Å². The van der Waals surface area contributed by atoms with Crippen molar-refractivity contribution in [2.75, 3.05) is 25.0 Å². The molecule has 0 radical (unpaired) electrons. The van der Waals surface area contributed by atoms with Crippen molar-refractivity contribution >= 4 is 17.5 Å². The minimum Gasteiger partial charge on any atom is -0.354 e. The van der Waals surface area contributed by atoms with Crippen molar-refractivity contribution in [3.63, 3.8) is 0 Å². The number of hydrogen-bond donors (Lipinski definition) is 2. The molecule has 3 rings (SSSR count). The van der Waals surface area contributed by atoms with Crippen molar-refractivity contribution in [1.82, 2.24) is 15.3 Å². The van der Waals surface area contributed by atoms with Crippen molar-refractivity contribution in [3.8, 4) is 0 Å². The van der Waals surface area contributed by atoms with E-state index in [-0.39, 0.29) is 0 Å². The number of fused-ring (bicyclic) bond motifs is 1. The summed E-state index contributed by atoms with van der Waals surface area (Å²) in [6, 6.07) is 7.92. The summed E-state index contributed by atoms with van der Waals surface area (Å²) < 4.78 is 0. The van der Waals surface area contributed by atoms with E-state index >= 15 is 0 Å². The average Bonchev–Trinajstić information content (AvgIpc) is 2.74. The van der Waals surface area contributed by atoms with Gasteiger partial charge >= 0.3 is 0 Å². The van der Waals surface area contributed by atoms with Crippen LogP contribution >= 0.6 is 11.6 Å². The largest absolute Gasteiger partial charge is 0.354 e. The Morgan fingerprint density at radius 2 is 2.05 bits per heavy atom. The van der Waals surface area contributed by atoms with Gasteiger partial charge in [0, 0.05) is 30.7 Å². The second-order valence-corrected chi connectivity index (χ2v) is 5.59. The van der Waals surface area contributed by atoms with E-state index in [1.54, 1.807) is 0 Å². The van der Waals surface area contributed by atoms with Gasteiger partial charge in [-0.1, -0.05) is 29.8 Å². The van der Waals surface area contributed by atoms with Gasteiger partial charge in [-0.05, 0) is 36.6 Å². The van der Waals surface area contributed by atoms with Gasteiger partial charge in [-0.25, -0.2) is 9.97 Å². The van der Waals surface area contributed by atoms with E-state index in [1.807, 2.05) is 30.5 Å². The average molecular weight is 303 g/mol. The molecule has 0 fully saturated rings. The SMILES string of the molecule is Clc1ccccc1CCNc1ncc2c(n1)CCNCC2. The van der Waals surface area contributed by atoms with Gasteiger partial charge in [0.15, 0.2) is 0 Å². The van der Waals surface area contributed by atoms with Gasteiger partial charge in [0.1, 0.15) is 0 Å². The number of rotatable bonds is 4. The van der Waals surface area contributed by atoms with E-state index in [4.69, 9.17) is 11.6 Å². The predicted molar refractivity (Wildman–Crippen MR) is 86.0 cm³/mol. The molecule has 21 heavy (non-hydrogen) atoms. The number of anilines is 1. The second-order valence-electron chi connectivity index (χ2n) is 5.18. The van der Waals surface area contributed by atoms with Gasteiger partial charge in [0.05, 0.1) is 5.69 Å². The maximum atomic E-state index is 6.15. The van der Waals surface area contributed by atoms with Crippen LogP contribution < -0.4 is 10.6 Å². The minimum atomic E-state index is 0.711. The lowest BCUT2D eigenvalue weighted by atomic mass is 10.1. The van der Waals surface area contributed by atoms with Crippen LogP contribution in [0.4, 0.5) is 5.95 Å². The molecule has 2 N–H and O–H groups in total. The van der Waals surface area contributed by atoms with E-state index < -0.39 is 0 Å². The predicted octanol–water partition coefficient (Wildman–Crippen LogP) is 2.47. The summed E-state index contributed by atoms with van der Waals surface area (Å²) >= 11 is 6.15. The fraction of sp³-hybridized carbons (Fsp3) is 0.375. The molecular formula is C16H19ClN4. The zero-order valence-electron chi connectivity index (χ0n) is 11.9. The zero-order valence-corrected chi connectivity index (χ0v) is 12.7. The zero-order chi connectivity index (χ0) is 14.5. The number of nitrogens with one attached hydrogen (secondary N) is 2. The summed E-state index contributed by atoms with van der Waals surface area (Å²) in [5.41, 5.74) is 3.57. The summed E-state index contributed by atoms with van der Waals surface area (Å²) in [5, 5.41) is 7.48. The Hall–Kier alpha value is -1.65. The van der Waals surface area contributed by atoms with Gasteiger partial charge in [-0.2, -0.15) is 0 Å². The number of benzene rings is 1. The number of hydrogen-bond acceptors (Lipinski definition) is 4. The highest BCUT2D eigenvalue weighted by molar-refractivity contribution is 6.31. The van der Waals surface area contributed by atoms with E-state index in [0.717, 1.165) is 55.2 Å². The van der Waals surface area contributed by atoms with Crippen LogP contribution in [0.1, 0.15) is 16.8 Å². The summed E-state index contributed by atoms with van der Waals surface area (Å²) in [4.78, 5) is 9.04. The fourth-order valence-electron chi connectivity index (χ4n) is 2.52. The Morgan fingerprint density at radius 3 is 2.95 bits per heavy atom. The van der Waals surface area contributed by atoms with Crippen LogP contribution in [0.5, 0.6) is 0 Å². The highest BCUT2D eigenvalue weighted by atomic mass is 35.5. The molecule has 2 aromatic rings. The van der Waals surface area contributed by atoms with Crippen molar-refractivity contribution in [3.05, 3.63) is 52.3 Å². The third kappa shape index (κ3) is 3.71. The van der Waals surface area contributed by atoms with Gasteiger partial charge < -0.3 is 10.6 Å². The smallest absolute Gasteiger partial charge is 0.222 e. The lowest BCUT2D eigenvalue weighted by Gasteiger charge is -2.09. The molecule has 110 valence electrons. The van der Waals surface area contributed by atoms with Crippen LogP contribution in [0.3, 0.4) is 0 Å². The fourth-order valence-corrected chi connectivity index (χ4v) is 2.75. The number of nitrogens with zero attached hydrogens (tertiary/aromatic N) is 2. The van der Waals surface area contributed by atoms with Crippen LogP contribution in [-0.4, -0.2) is 29.6 Å². The molecule has 0 unspecified atom stereocenters. The maximum Gasteiger partial charge on any atom is 0.222 e. The third-order valence-corrected chi connectivity index (χ3v) is 4.07. The van der Waals surface area contributed by atoms with Crippen LogP contribution in [0.25, 0.3) is 0 Å². The molecule has 0 atom stereocenters. The lowest BCUT2D eigenvalue weighted by molar-refractivity contribution is 0.708. The first-order chi connectivity index (χ1) is 10.3. The van der Waals surface area contributed by atoms with Crippen LogP contribution in [0.15, 0.2) is 30.5 Å². The first-order valence-corrected chi connectivity index (χ1v) is 7.73. The molecule has 0 saturated carbocycles. The Morgan fingerprint density at radius 1 is 1.19 bits per heavy atom. The van der Waals surface area contributed by atoms with Crippen molar-refractivity contribution in [2.24, 2.45) is 0 Å². The molecule has 0 aliphatic carbocycles. The Bertz CT molecular complexity index is 615. The second kappa shape index (κ2) is 6.87. The van der Waals surface area contributed by atoms with Crippen molar-refractivity contribution < 1.29 is 0 Å². The summed E-state index contributed by atoms with van der Waals surface area (Å²) in [5.74, 6) is 0.711. The highest BCUT2D eigenvalue weighted by Crippen LogP contribution is 2.16. The summed E-state index contributed by atoms with van der Waals surface area (Å²) in [7, 11) is 0. The maximum absolute atomic E-state index is 6.15. The quantitative estimate of drug-likeness (QED) is 0.911. The molecule has 1 aromatic heterocycles. The monoisotopic (exact) mass is 302 g/mol. The van der Waals surface area contributed by atoms with Gasteiger partial charge in [-0.3, -0.25) is 0 Å². The molecule has 1 aliphatic rings. The Labute approximate surface area is 130 Å². The standard InChI is InChI=1S/C16H19ClN4/c17-14-4-2-1-3-12(14)6-10-19-16-20-11-13-5-8-18-9-7-15(13)21-16/h1-4,11,18H,5-10H2,(H,19,20,21). The molecular weight excluding hydrogens is 284 g/mol. The normalized spacial score (nSPS) is 14.3. The van der Waals surface area contributed by atoms with Crippen LogP contribution in [0, 0.1) is 0 Å². The molecule has 0 bridgehead atoms. The molecule has 0 saturated heterocycles. The van der Waals surface area contributed by atoms with E-state index in [1.165, 1.54) is 5.56 Å². The number of aromatic nitrogens is 2. The molecule has 5 heteroatoms. The minimum absolute atomic E-state index is 0.711. The van der Waals surface area contributed by atoms with E-state index in [0.29, 0.717) is 5.95 Å². The molecule has 4 nitrogen and oxygen atoms in total. The topological polar surface area (TPSA) is 49.8 Å². The molecule has 1 aliphatic heterocycles. The highest BCUT2D eigenvalue weighted by Gasteiger charge is 2.10. The van der Waals surface area contributed by atoms with Crippen molar-refractivity contribution in [1.29, 1.82) is 0 Å². The first-order valence-electron chi connectivity index (χ1n) is 7.36. The van der Waals surface area contributed by atoms with Crippen LogP contribution in [0.2, 0.25) is 5.02 Å². The van der Waals surface area contributed by atoms with Gasteiger partial charge in [-0.15, -0.1) is 0 Å². The number of halogens is 1. The molecule has 0 spiro atoms. The lowest BCUT2D eigenvalue weighted by Crippen LogP contribution is -2.16. The van der Waals surface area contributed by atoms with Crippen LogP contribution in [-0.2, 0) is 19.3 Å². The molecule has 2 heterocycles. The molecule has 1 aromatic carbocycles. The first kappa shape index (κ1) is 14.3. The Balaban J connectivity index is 1.61. The van der Waals surface area contributed by atoms with Crippen molar-refractivity contribution in [2.45, 2.75) is 19.3 Å². The summed E-state index contributed by atoms with van der Waals surface area (Å²) in [6.45, 7) is 2.78. The third-order valence-electron chi connectivity index (χ3n) is 3.70. The van der Waals surface area contributed by atoms with E-state index in [2.05, 4.69) is 20.6 Å². The Kier molecular flexibility index (Phi) is 4.68. The summed E-state index contributed by atoms with van der Waals surface area (Å²) in [6.07, 6.45) is 4.79. The van der Waals surface area contributed by atoms with Gasteiger partial charge in [0.2, 0.25) is 5.95 Å². The molecule has 0 amide bonds.